The zero-order chi connectivity index (χ0) is 10.1. The third-order valence-corrected chi connectivity index (χ3v) is 2.89. The summed E-state index contributed by atoms with van der Waals surface area (Å²) in [6.45, 7) is 1.83. The zero-order valence-electron chi connectivity index (χ0n) is 7.87. The topological polar surface area (TPSA) is 54.9 Å². The van der Waals surface area contributed by atoms with Gasteiger partial charge >= 0.3 is 0 Å². The number of thiophene rings is 1. The van der Waals surface area contributed by atoms with Crippen molar-refractivity contribution in [3.05, 3.63) is 23.0 Å². The van der Waals surface area contributed by atoms with Crippen LogP contribution in [0.1, 0.15) is 15.5 Å². The average molecular weight is 207 g/mol. The fourth-order valence-corrected chi connectivity index (χ4v) is 2.15. The van der Waals surface area contributed by atoms with Crippen LogP contribution in [0.15, 0.2) is 12.3 Å². The van der Waals surface area contributed by atoms with Crippen LogP contribution < -0.4 is 5.32 Å². The van der Waals surface area contributed by atoms with Gasteiger partial charge in [-0.15, -0.1) is 11.3 Å². The summed E-state index contributed by atoms with van der Waals surface area (Å²) >= 11 is 1.38. The molecule has 0 saturated heterocycles. The Balaban J connectivity index is 2.56. The lowest BCUT2D eigenvalue weighted by Gasteiger charge is -1.90. The molecule has 0 aromatic carbocycles. The lowest BCUT2D eigenvalue weighted by molar-refractivity contribution is 0.0967. The van der Waals surface area contributed by atoms with Gasteiger partial charge in [0.05, 0.1) is 4.88 Å². The molecule has 0 radical (unpaired) electrons. The van der Waals surface area contributed by atoms with Crippen molar-refractivity contribution in [2.24, 2.45) is 0 Å². The summed E-state index contributed by atoms with van der Waals surface area (Å²) < 4.78 is 0. The first-order valence-electron chi connectivity index (χ1n) is 4.16. The van der Waals surface area contributed by atoms with Crippen molar-refractivity contribution < 1.29 is 4.79 Å². The SMILES string of the molecule is CNC(=O)c1cc2cnc(C)nc2s1. The van der Waals surface area contributed by atoms with Crippen molar-refractivity contribution in [1.82, 2.24) is 15.3 Å². The summed E-state index contributed by atoms with van der Waals surface area (Å²) in [5, 5.41) is 3.50. The van der Waals surface area contributed by atoms with Crippen molar-refractivity contribution in [2.75, 3.05) is 7.05 Å². The van der Waals surface area contributed by atoms with E-state index in [4.69, 9.17) is 0 Å². The molecule has 1 amide bonds. The van der Waals surface area contributed by atoms with Crippen LogP contribution in [0.2, 0.25) is 0 Å². The molecule has 2 aromatic rings. The molecule has 1 N–H and O–H groups in total. The number of carbonyl (C=O) groups is 1. The van der Waals surface area contributed by atoms with Crippen molar-refractivity contribution in [3.8, 4) is 0 Å². The highest BCUT2D eigenvalue weighted by Crippen LogP contribution is 2.22. The number of hydrogen-bond donors (Lipinski definition) is 1. The van der Waals surface area contributed by atoms with Gasteiger partial charge in [-0.2, -0.15) is 0 Å². The summed E-state index contributed by atoms with van der Waals surface area (Å²) in [4.78, 5) is 21.2. The van der Waals surface area contributed by atoms with Crippen molar-refractivity contribution in [3.63, 3.8) is 0 Å². The molecule has 2 aromatic heterocycles. The first-order valence-corrected chi connectivity index (χ1v) is 4.97. The Morgan fingerprint density at radius 2 is 2.36 bits per heavy atom. The molecule has 0 aliphatic rings. The molecular formula is C9H9N3OS. The number of rotatable bonds is 1. The molecule has 5 heteroatoms. The maximum absolute atomic E-state index is 11.3. The quantitative estimate of drug-likeness (QED) is 0.768. The van der Waals surface area contributed by atoms with Gasteiger partial charge in [0, 0.05) is 18.6 Å². The van der Waals surface area contributed by atoms with E-state index in [0.29, 0.717) is 4.88 Å². The summed E-state index contributed by atoms with van der Waals surface area (Å²) in [6.07, 6.45) is 1.74. The van der Waals surface area contributed by atoms with Gasteiger partial charge in [-0.3, -0.25) is 4.79 Å². The van der Waals surface area contributed by atoms with Crippen LogP contribution in [0.25, 0.3) is 10.2 Å². The van der Waals surface area contributed by atoms with E-state index in [1.165, 1.54) is 11.3 Å². The van der Waals surface area contributed by atoms with E-state index in [9.17, 15) is 4.79 Å². The number of hydrogen-bond acceptors (Lipinski definition) is 4. The predicted molar refractivity (Wildman–Crippen MR) is 55.5 cm³/mol. The van der Waals surface area contributed by atoms with Gasteiger partial charge in [-0.25, -0.2) is 9.97 Å². The first kappa shape index (κ1) is 9.08. The highest BCUT2D eigenvalue weighted by Gasteiger charge is 2.09. The van der Waals surface area contributed by atoms with E-state index in [2.05, 4.69) is 15.3 Å². The van der Waals surface area contributed by atoms with Crippen LogP contribution >= 0.6 is 11.3 Å². The molecule has 0 aliphatic heterocycles. The highest BCUT2D eigenvalue weighted by molar-refractivity contribution is 7.20. The molecule has 0 atom stereocenters. The summed E-state index contributed by atoms with van der Waals surface area (Å²) in [5.74, 6) is 0.647. The second kappa shape index (κ2) is 3.34. The van der Waals surface area contributed by atoms with Gasteiger partial charge in [-0.1, -0.05) is 0 Å². The zero-order valence-corrected chi connectivity index (χ0v) is 8.68. The van der Waals surface area contributed by atoms with E-state index in [0.717, 1.165) is 16.0 Å². The number of carbonyl (C=O) groups excluding carboxylic acids is 1. The number of aromatic nitrogens is 2. The molecule has 0 aliphatic carbocycles. The standard InChI is InChI=1S/C9H9N3OS/c1-5-11-4-6-3-7(8(13)10-2)14-9(6)12-5/h3-4H,1-2H3,(H,10,13). The molecular weight excluding hydrogens is 198 g/mol. The van der Waals surface area contributed by atoms with Gasteiger partial charge < -0.3 is 5.32 Å². The van der Waals surface area contributed by atoms with E-state index < -0.39 is 0 Å². The largest absolute Gasteiger partial charge is 0.354 e. The van der Waals surface area contributed by atoms with E-state index in [1.54, 1.807) is 19.3 Å². The van der Waals surface area contributed by atoms with Crippen molar-refractivity contribution >= 4 is 27.5 Å². The monoisotopic (exact) mass is 207 g/mol. The number of aryl methyl sites for hydroxylation is 1. The van der Waals surface area contributed by atoms with Gasteiger partial charge in [0.25, 0.3) is 5.91 Å². The van der Waals surface area contributed by atoms with E-state index in [1.807, 2.05) is 6.92 Å². The number of nitrogens with one attached hydrogen (secondary N) is 1. The Labute approximate surface area is 85.0 Å². The molecule has 14 heavy (non-hydrogen) atoms. The Kier molecular flexibility index (Phi) is 2.17. The van der Waals surface area contributed by atoms with Crippen molar-refractivity contribution in [2.45, 2.75) is 6.92 Å². The lowest BCUT2D eigenvalue weighted by atomic mass is 10.3. The number of amides is 1. The molecule has 72 valence electrons. The normalized spacial score (nSPS) is 10.4. The highest BCUT2D eigenvalue weighted by atomic mass is 32.1. The molecule has 0 unspecified atom stereocenters. The second-order valence-electron chi connectivity index (χ2n) is 2.87. The van der Waals surface area contributed by atoms with Crippen LogP contribution in [-0.4, -0.2) is 22.9 Å². The maximum atomic E-state index is 11.3. The summed E-state index contributed by atoms with van der Waals surface area (Å²) in [5.41, 5.74) is 0. The Morgan fingerprint density at radius 1 is 1.57 bits per heavy atom. The van der Waals surface area contributed by atoms with Crippen LogP contribution in [0.4, 0.5) is 0 Å². The first-order chi connectivity index (χ1) is 6.70. The third kappa shape index (κ3) is 1.46. The van der Waals surface area contributed by atoms with Gasteiger partial charge in [0.15, 0.2) is 0 Å². The summed E-state index contributed by atoms with van der Waals surface area (Å²) in [6, 6.07) is 1.80. The second-order valence-corrected chi connectivity index (χ2v) is 3.90. The van der Waals surface area contributed by atoms with Crippen molar-refractivity contribution in [1.29, 1.82) is 0 Å². The number of fused-ring (bicyclic) bond motifs is 1. The third-order valence-electron chi connectivity index (χ3n) is 1.84. The van der Waals surface area contributed by atoms with Gasteiger partial charge in [-0.05, 0) is 13.0 Å². The summed E-state index contributed by atoms with van der Waals surface area (Å²) in [7, 11) is 1.61. The molecule has 4 nitrogen and oxygen atoms in total. The Bertz CT molecular complexity index is 492. The smallest absolute Gasteiger partial charge is 0.261 e. The number of nitrogens with zero attached hydrogens (tertiary/aromatic N) is 2. The van der Waals surface area contributed by atoms with Gasteiger partial charge in [0.1, 0.15) is 10.7 Å². The van der Waals surface area contributed by atoms with Crippen LogP contribution in [0, 0.1) is 6.92 Å². The molecule has 0 fully saturated rings. The van der Waals surface area contributed by atoms with Crippen LogP contribution in [0.5, 0.6) is 0 Å². The fourth-order valence-electron chi connectivity index (χ4n) is 1.15. The fraction of sp³-hybridized carbons (Fsp3) is 0.222. The average Bonchev–Trinajstić information content (AvgIpc) is 2.59. The van der Waals surface area contributed by atoms with Gasteiger partial charge in [0.2, 0.25) is 0 Å². The van der Waals surface area contributed by atoms with E-state index >= 15 is 0 Å². The van der Waals surface area contributed by atoms with Crippen LogP contribution in [-0.2, 0) is 0 Å². The Morgan fingerprint density at radius 3 is 3.07 bits per heavy atom. The maximum Gasteiger partial charge on any atom is 0.261 e. The van der Waals surface area contributed by atoms with Crippen LogP contribution in [0.3, 0.4) is 0 Å². The molecule has 0 spiro atoms. The molecule has 0 bridgehead atoms. The minimum atomic E-state index is -0.0781. The Hall–Kier alpha value is -1.49. The minimum absolute atomic E-state index is 0.0781. The lowest BCUT2D eigenvalue weighted by Crippen LogP contribution is -2.15. The molecule has 2 heterocycles. The molecule has 2 rings (SSSR count). The molecule has 0 saturated carbocycles. The minimum Gasteiger partial charge on any atom is -0.354 e. The predicted octanol–water partition coefficient (Wildman–Crippen LogP) is 1.36. The van der Waals surface area contributed by atoms with E-state index in [-0.39, 0.29) is 5.91 Å².